The average Bonchev–Trinajstić information content (AvgIpc) is 2.45. The summed E-state index contributed by atoms with van der Waals surface area (Å²) in [6.45, 7) is 7.41. The van der Waals surface area contributed by atoms with E-state index in [-0.39, 0.29) is 5.91 Å². The molecule has 0 atom stereocenters. The molecule has 0 spiro atoms. The summed E-state index contributed by atoms with van der Waals surface area (Å²) in [5, 5.41) is 13.8. The standard InChI is InChI=1S/C13H23N5O/c1-4-8-14-12-7-6-11(16-17-12)13(19)15-9-10-18(3)5-2/h6-7H,4-5,8-10H2,1-3H3,(H,14,17)(H,15,19). The first kappa shape index (κ1) is 15.4. The Hall–Kier alpha value is -1.69. The van der Waals surface area contributed by atoms with Crippen LogP contribution in [-0.2, 0) is 0 Å². The zero-order valence-corrected chi connectivity index (χ0v) is 11.9. The third-order valence-corrected chi connectivity index (χ3v) is 2.77. The lowest BCUT2D eigenvalue weighted by Gasteiger charge is -2.13. The van der Waals surface area contributed by atoms with E-state index < -0.39 is 0 Å². The fourth-order valence-electron chi connectivity index (χ4n) is 1.41. The van der Waals surface area contributed by atoms with E-state index in [1.165, 1.54) is 0 Å². The number of likely N-dealkylation sites (N-methyl/N-ethyl adjacent to an activating group) is 1. The van der Waals surface area contributed by atoms with Gasteiger partial charge in [-0.15, -0.1) is 10.2 Å². The van der Waals surface area contributed by atoms with Crippen molar-refractivity contribution >= 4 is 11.7 Å². The lowest BCUT2D eigenvalue weighted by molar-refractivity contribution is 0.0944. The summed E-state index contributed by atoms with van der Waals surface area (Å²) in [4.78, 5) is 13.9. The number of nitrogens with one attached hydrogen (secondary N) is 2. The molecule has 1 amide bonds. The van der Waals surface area contributed by atoms with Crippen LogP contribution in [0.4, 0.5) is 5.82 Å². The van der Waals surface area contributed by atoms with Crippen LogP contribution in [0, 0.1) is 0 Å². The van der Waals surface area contributed by atoms with Crippen LogP contribution in [0.3, 0.4) is 0 Å². The maximum Gasteiger partial charge on any atom is 0.271 e. The number of anilines is 1. The van der Waals surface area contributed by atoms with Crippen molar-refractivity contribution in [2.45, 2.75) is 20.3 Å². The predicted octanol–water partition coefficient (Wildman–Crippen LogP) is 0.980. The normalized spacial score (nSPS) is 10.5. The number of rotatable bonds is 8. The van der Waals surface area contributed by atoms with Crippen LogP contribution in [0.15, 0.2) is 12.1 Å². The Labute approximate surface area is 114 Å². The largest absolute Gasteiger partial charge is 0.369 e. The first-order valence-electron chi connectivity index (χ1n) is 6.71. The molecule has 0 aliphatic heterocycles. The van der Waals surface area contributed by atoms with E-state index in [0.717, 1.165) is 26.1 Å². The second-order valence-corrected chi connectivity index (χ2v) is 4.38. The molecular weight excluding hydrogens is 242 g/mol. The minimum Gasteiger partial charge on any atom is -0.369 e. The summed E-state index contributed by atoms with van der Waals surface area (Å²) >= 11 is 0. The van der Waals surface area contributed by atoms with Gasteiger partial charge in [0.1, 0.15) is 5.82 Å². The molecular formula is C13H23N5O. The van der Waals surface area contributed by atoms with Gasteiger partial charge >= 0.3 is 0 Å². The Kier molecular flexibility index (Phi) is 6.81. The number of aromatic nitrogens is 2. The van der Waals surface area contributed by atoms with Crippen molar-refractivity contribution in [3.8, 4) is 0 Å². The summed E-state index contributed by atoms with van der Waals surface area (Å²) in [7, 11) is 2.01. The van der Waals surface area contributed by atoms with E-state index in [9.17, 15) is 4.79 Å². The van der Waals surface area contributed by atoms with Gasteiger partial charge in [0.05, 0.1) is 0 Å². The molecule has 0 fully saturated rings. The van der Waals surface area contributed by atoms with Gasteiger partial charge in [0, 0.05) is 19.6 Å². The molecule has 1 rings (SSSR count). The second kappa shape index (κ2) is 8.42. The van der Waals surface area contributed by atoms with E-state index >= 15 is 0 Å². The summed E-state index contributed by atoms with van der Waals surface area (Å²) in [6.07, 6.45) is 1.02. The smallest absolute Gasteiger partial charge is 0.271 e. The Morgan fingerprint density at radius 1 is 1.26 bits per heavy atom. The first-order valence-corrected chi connectivity index (χ1v) is 6.71. The van der Waals surface area contributed by atoms with Gasteiger partial charge < -0.3 is 15.5 Å². The van der Waals surface area contributed by atoms with Gasteiger partial charge in [0.15, 0.2) is 5.69 Å². The Morgan fingerprint density at radius 3 is 2.63 bits per heavy atom. The third kappa shape index (κ3) is 5.65. The maximum absolute atomic E-state index is 11.8. The molecule has 6 heteroatoms. The quantitative estimate of drug-likeness (QED) is 0.733. The molecule has 2 N–H and O–H groups in total. The Morgan fingerprint density at radius 2 is 2.05 bits per heavy atom. The highest BCUT2D eigenvalue weighted by atomic mass is 16.1. The fraction of sp³-hybridized carbons (Fsp3) is 0.615. The molecule has 0 saturated heterocycles. The van der Waals surface area contributed by atoms with Crippen LogP contribution in [0.2, 0.25) is 0 Å². The molecule has 1 aromatic rings. The van der Waals surface area contributed by atoms with E-state index in [1.54, 1.807) is 12.1 Å². The molecule has 106 valence electrons. The molecule has 0 aliphatic carbocycles. The predicted molar refractivity (Wildman–Crippen MR) is 76.3 cm³/mol. The SMILES string of the molecule is CCCNc1ccc(C(=O)NCCN(C)CC)nn1. The summed E-state index contributed by atoms with van der Waals surface area (Å²) < 4.78 is 0. The Balaban J connectivity index is 2.40. The van der Waals surface area contributed by atoms with Crippen molar-refractivity contribution in [2.24, 2.45) is 0 Å². The number of carbonyl (C=O) groups is 1. The van der Waals surface area contributed by atoms with Crippen LogP contribution in [0.1, 0.15) is 30.8 Å². The van der Waals surface area contributed by atoms with Crippen molar-refractivity contribution in [2.75, 3.05) is 38.5 Å². The number of amides is 1. The minimum absolute atomic E-state index is 0.181. The van der Waals surface area contributed by atoms with Crippen LogP contribution < -0.4 is 10.6 Å². The molecule has 0 bridgehead atoms. The van der Waals surface area contributed by atoms with Crippen molar-refractivity contribution in [1.29, 1.82) is 0 Å². The summed E-state index contributed by atoms with van der Waals surface area (Å²) in [6, 6.07) is 3.46. The molecule has 1 aromatic heterocycles. The minimum atomic E-state index is -0.181. The van der Waals surface area contributed by atoms with E-state index in [0.29, 0.717) is 18.1 Å². The van der Waals surface area contributed by atoms with Crippen LogP contribution >= 0.6 is 0 Å². The van der Waals surface area contributed by atoms with Crippen molar-refractivity contribution in [1.82, 2.24) is 20.4 Å². The topological polar surface area (TPSA) is 70.2 Å². The highest BCUT2D eigenvalue weighted by Crippen LogP contribution is 2.01. The molecule has 0 aromatic carbocycles. The van der Waals surface area contributed by atoms with Crippen molar-refractivity contribution in [3.63, 3.8) is 0 Å². The zero-order valence-electron chi connectivity index (χ0n) is 11.9. The van der Waals surface area contributed by atoms with Crippen LogP contribution in [-0.4, -0.2) is 54.2 Å². The first-order chi connectivity index (χ1) is 9.17. The van der Waals surface area contributed by atoms with Crippen LogP contribution in [0.5, 0.6) is 0 Å². The lowest BCUT2D eigenvalue weighted by Crippen LogP contribution is -2.33. The second-order valence-electron chi connectivity index (χ2n) is 4.38. The number of carbonyl (C=O) groups excluding carboxylic acids is 1. The maximum atomic E-state index is 11.8. The highest BCUT2D eigenvalue weighted by molar-refractivity contribution is 5.92. The molecule has 0 unspecified atom stereocenters. The molecule has 19 heavy (non-hydrogen) atoms. The van der Waals surface area contributed by atoms with Crippen molar-refractivity contribution < 1.29 is 4.79 Å². The molecule has 0 aliphatic rings. The van der Waals surface area contributed by atoms with Gasteiger partial charge in [0.2, 0.25) is 0 Å². The van der Waals surface area contributed by atoms with E-state index in [4.69, 9.17) is 0 Å². The van der Waals surface area contributed by atoms with Gasteiger partial charge in [-0.2, -0.15) is 0 Å². The molecule has 6 nitrogen and oxygen atoms in total. The molecule has 1 heterocycles. The Bertz CT molecular complexity index is 379. The fourth-order valence-corrected chi connectivity index (χ4v) is 1.41. The third-order valence-electron chi connectivity index (χ3n) is 2.77. The van der Waals surface area contributed by atoms with E-state index in [1.807, 2.05) is 7.05 Å². The monoisotopic (exact) mass is 265 g/mol. The molecule has 0 radical (unpaired) electrons. The highest BCUT2D eigenvalue weighted by Gasteiger charge is 2.07. The van der Waals surface area contributed by atoms with Gasteiger partial charge in [-0.1, -0.05) is 13.8 Å². The summed E-state index contributed by atoms with van der Waals surface area (Å²) in [5.74, 6) is 0.517. The molecule has 0 saturated carbocycles. The lowest BCUT2D eigenvalue weighted by atomic mass is 10.3. The summed E-state index contributed by atoms with van der Waals surface area (Å²) in [5.41, 5.74) is 0.348. The van der Waals surface area contributed by atoms with Gasteiger partial charge in [-0.05, 0) is 32.1 Å². The van der Waals surface area contributed by atoms with Gasteiger partial charge in [-0.3, -0.25) is 4.79 Å². The van der Waals surface area contributed by atoms with Gasteiger partial charge in [0.25, 0.3) is 5.91 Å². The van der Waals surface area contributed by atoms with E-state index in [2.05, 4.69) is 39.6 Å². The number of nitrogens with zero attached hydrogens (tertiary/aromatic N) is 3. The zero-order chi connectivity index (χ0) is 14.1. The van der Waals surface area contributed by atoms with Crippen LogP contribution in [0.25, 0.3) is 0 Å². The average molecular weight is 265 g/mol. The van der Waals surface area contributed by atoms with Crippen molar-refractivity contribution in [3.05, 3.63) is 17.8 Å². The number of hydrogen-bond donors (Lipinski definition) is 2. The van der Waals surface area contributed by atoms with Gasteiger partial charge in [-0.25, -0.2) is 0 Å². The number of hydrogen-bond acceptors (Lipinski definition) is 5.